The van der Waals surface area contributed by atoms with E-state index in [1.54, 1.807) is 6.92 Å². The molecular formula is C23H14N6O. The van der Waals surface area contributed by atoms with Crippen LogP contribution in [0.5, 0.6) is 0 Å². The maximum Gasteiger partial charge on any atom is 0.264 e. The van der Waals surface area contributed by atoms with Crippen molar-refractivity contribution in [1.82, 2.24) is 19.4 Å². The van der Waals surface area contributed by atoms with Gasteiger partial charge in [-0.2, -0.15) is 10.5 Å². The van der Waals surface area contributed by atoms with Crippen LogP contribution in [0.3, 0.4) is 0 Å². The number of para-hydroxylation sites is 4. The minimum absolute atomic E-state index is 0.218. The van der Waals surface area contributed by atoms with Gasteiger partial charge in [0.25, 0.3) is 5.56 Å². The summed E-state index contributed by atoms with van der Waals surface area (Å²) in [6, 6.07) is 19.1. The highest BCUT2D eigenvalue weighted by atomic mass is 16.1. The van der Waals surface area contributed by atoms with Crippen molar-refractivity contribution in [3.63, 3.8) is 0 Å². The molecule has 0 amide bonds. The van der Waals surface area contributed by atoms with Crippen LogP contribution in [0.25, 0.3) is 39.4 Å². The van der Waals surface area contributed by atoms with Gasteiger partial charge in [0.15, 0.2) is 0 Å². The number of rotatable bonds is 2. The SMILES string of the molecule is Cc1c(/C=C(\C#N)c2nc3ccccc3[nH]2)c(=O)n2c([nH]c3ccccc32)c1C#N. The lowest BCUT2D eigenvalue weighted by molar-refractivity contribution is 1.11. The molecule has 0 spiro atoms. The Bertz CT molecular complexity index is 1620. The van der Waals surface area contributed by atoms with Gasteiger partial charge in [0.1, 0.15) is 23.6 Å². The van der Waals surface area contributed by atoms with Gasteiger partial charge in [-0.05, 0) is 42.8 Å². The Morgan fingerprint density at radius 2 is 1.80 bits per heavy atom. The molecule has 5 rings (SSSR count). The van der Waals surface area contributed by atoms with Crippen molar-refractivity contribution in [3.8, 4) is 12.1 Å². The van der Waals surface area contributed by atoms with Gasteiger partial charge in [-0.25, -0.2) is 4.98 Å². The molecule has 3 heterocycles. The van der Waals surface area contributed by atoms with Gasteiger partial charge in [-0.3, -0.25) is 9.20 Å². The molecule has 0 unspecified atom stereocenters. The van der Waals surface area contributed by atoms with Crippen molar-refractivity contribution in [1.29, 1.82) is 10.5 Å². The number of hydrogen-bond acceptors (Lipinski definition) is 4. The summed E-state index contributed by atoms with van der Waals surface area (Å²) in [6.07, 6.45) is 1.50. The van der Waals surface area contributed by atoms with Crippen LogP contribution >= 0.6 is 0 Å². The third kappa shape index (κ3) is 2.43. The number of aromatic amines is 2. The average Bonchev–Trinajstić information content (AvgIpc) is 3.35. The fraction of sp³-hybridized carbons (Fsp3) is 0.0435. The van der Waals surface area contributed by atoms with E-state index >= 15 is 0 Å². The Kier molecular flexibility index (Phi) is 3.77. The fourth-order valence-corrected chi connectivity index (χ4v) is 3.74. The van der Waals surface area contributed by atoms with Gasteiger partial charge in [-0.15, -0.1) is 0 Å². The molecule has 7 heteroatoms. The first-order valence-electron chi connectivity index (χ1n) is 9.25. The fourth-order valence-electron chi connectivity index (χ4n) is 3.74. The number of benzene rings is 2. The van der Waals surface area contributed by atoms with E-state index in [4.69, 9.17) is 0 Å². The normalized spacial score (nSPS) is 11.8. The summed E-state index contributed by atoms with van der Waals surface area (Å²) < 4.78 is 1.49. The second-order valence-electron chi connectivity index (χ2n) is 6.93. The van der Waals surface area contributed by atoms with Crippen molar-refractivity contribution in [2.75, 3.05) is 0 Å². The molecule has 142 valence electrons. The number of fused-ring (bicyclic) bond motifs is 4. The molecular weight excluding hydrogens is 376 g/mol. The van der Waals surface area contributed by atoms with E-state index in [-0.39, 0.29) is 16.7 Å². The number of imidazole rings is 2. The molecule has 2 aromatic carbocycles. The third-order valence-corrected chi connectivity index (χ3v) is 5.24. The number of H-pyrrole nitrogens is 2. The maximum atomic E-state index is 13.4. The van der Waals surface area contributed by atoms with Crippen molar-refractivity contribution in [3.05, 3.63) is 81.4 Å². The molecule has 0 aliphatic heterocycles. The van der Waals surface area contributed by atoms with E-state index in [9.17, 15) is 15.3 Å². The predicted octanol–water partition coefficient (Wildman–Crippen LogP) is 3.90. The average molecular weight is 390 g/mol. The monoisotopic (exact) mass is 390 g/mol. The molecule has 30 heavy (non-hydrogen) atoms. The Labute approximate surface area is 170 Å². The minimum Gasteiger partial charge on any atom is -0.338 e. The van der Waals surface area contributed by atoms with Gasteiger partial charge in [0, 0.05) is 5.56 Å². The van der Waals surface area contributed by atoms with Crippen molar-refractivity contribution >= 4 is 39.4 Å². The van der Waals surface area contributed by atoms with Crippen molar-refractivity contribution < 1.29 is 0 Å². The Balaban J connectivity index is 1.83. The van der Waals surface area contributed by atoms with Crippen molar-refractivity contribution in [2.24, 2.45) is 0 Å². The molecule has 2 N–H and O–H groups in total. The van der Waals surface area contributed by atoms with Crippen LogP contribution in [-0.2, 0) is 0 Å². The first-order valence-corrected chi connectivity index (χ1v) is 9.25. The molecule has 0 saturated heterocycles. The van der Waals surface area contributed by atoms with Crippen LogP contribution in [0.1, 0.15) is 22.5 Å². The minimum atomic E-state index is -0.303. The van der Waals surface area contributed by atoms with Crippen molar-refractivity contribution in [2.45, 2.75) is 6.92 Å². The highest BCUT2D eigenvalue weighted by molar-refractivity contribution is 5.92. The maximum absolute atomic E-state index is 13.4. The van der Waals surface area contributed by atoms with E-state index in [2.05, 4.69) is 27.1 Å². The molecule has 3 aromatic heterocycles. The number of hydrogen-bond donors (Lipinski definition) is 2. The summed E-state index contributed by atoms with van der Waals surface area (Å²) in [5, 5.41) is 19.5. The molecule has 5 aromatic rings. The number of allylic oxidation sites excluding steroid dienone is 1. The van der Waals surface area contributed by atoms with E-state index in [1.807, 2.05) is 48.5 Å². The lowest BCUT2D eigenvalue weighted by atomic mass is 10.0. The molecule has 0 bridgehead atoms. The quantitative estimate of drug-likeness (QED) is 0.445. The van der Waals surface area contributed by atoms with Gasteiger partial charge < -0.3 is 9.97 Å². The number of nitrogens with one attached hydrogen (secondary N) is 2. The molecule has 0 saturated carbocycles. The van der Waals surface area contributed by atoms with Gasteiger partial charge in [0.05, 0.1) is 33.2 Å². The topological polar surface area (TPSA) is 114 Å². The van der Waals surface area contributed by atoms with Crippen LogP contribution in [0.4, 0.5) is 0 Å². The number of pyridine rings is 1. The largest absolute Gasteiger partial charge is 0.338 e. The van der Waals surface area contributed by atoms with Crippen LogP contribution in [0.2, 0.25) is 0 Å². The van der Waals surface area contributed by atoms with Gasteiger partial charge >= 0.3 is 0 Å². The van der Waals surface area contributed by atoms with Gasteiger partial charge in [0.2, 0.25) is 0 Å². The summed E-state index contributed by atoms with van der Waals surface area (Å²) in [6.45, 7) is 1.71. The second-order valence-corrected chi connectivity index (χ2v) is 6.93. The highest BCUT2D eigenvalue weighted by Crippen LogP contribution is 2.24. The molecule has 0 radical (unpaired) electrons. The zero-order chi connectivity index (χ0) is 20.8. The van der Waals surface area contributed by atoms with E-state index in [0.717, 1.165) is 16.6 Å². The van der Waals surface area contributed by atoms with Crippen LogP contribution < -0.4 is 5.56 Å². The third-order valence-electron chi connectivity index (χ3n) is 5.24. The zero-order valence-corrected chi connectivity index (χ0v) is 15.9. The number of nitriles is 2. The van der Waals surface area contributed by atoms with Crippen LogP contribution in [0, 0.1) is 29.6 Å². The van der Waals surface area contributed by atoms with E-state index < -0.39 is 0 Å². The van der Waals surface area contributed by atoms with Crippen LogP contribution in [-0.4, -0.2) is 19.4 Å². The Hall–Kier alpha value is -4.62. The van der Waals surface area contributed by atoms with E-state index in [1.165, 1.54) is 10.5 Å². The summed E-state index contributed by atoms with van der Waals surface area (Å²) in [5.41, 5.74) is 4.47. The first-order chi connectivity index (χ1) is 14.6. The summed E-state index contributed by atoms with van der Waals surface area (Å²) in [5.74, 6) is 0.375. The second kappa shape index (κ2) is 6.47. The molecule has 7 nitrogen and oxygen atoms in total. The van der Waals surface area contributed by atoms with E-state index in [0.29, 0.717) is 28.1 Å². The standard InChI is InChI=1S/C23H14N6O/c1-13-15(10-14(11-24)21-26-17-6-2-3-7-18(17)27-21)23(30)29-20-9-5-4-8-19(20)28-22(29)16(13)12-25/h2-10,28H,1H3,(H,26,27)/b14-10+. The Morgan fingerprint density at radius 1 is 1.07 bits per heavy atom. The molecule has 0 aliphatic carbocycles. The number of nitrogens with zero attached hydrogens (tertiary/aromatic N) is 4. The molecule has 0 fully saturated rings. The molecule has 0 aliphatic rings. The number of aromatic nitrogens is 4. The summed E-state index contributed by atoms with van der Waals surface area (Å²) in [7, 11) is 0. The summed E-state index contributed by atoms with van der Waals surface area (Å²) >= 11 is 0. The lowest BCUT2D eigenvalue weighted by Gasteiger charge is -2.06. The zero-order valence-electron chi connectivity index (χ0n) is 15.9. The lowest BCUT2D eigenvalue weighted by Crippen LogP contribution is -2.18. The molecule has 0 atom stereocenters. The Morgan fingerprint density at radius 3 is 2.53 bits per heavy atom. The van der Waals surface area contributed by atoms with Crippen LogP contribution in [0.15, 0.2) is 53.3 Å². The smallest absolute Gasteiger partial charge is 0.264 e. The summed E-state index contributed by atoms with van der Waals surface area (Å²) in [4.78, 5) is 24.1. The highest BCUT2D eigenvalue weighted by Gasteiger charge is 2.18. The first kappa shape index (κ1) is 17.5. The van der Waals surface area contributed by atoms with Gasteiger partial charge in [-0.1, -0.05) is 24.3 Å². The predicted molar refractivity (Wildman–Crippen MR) is 115 cm³/mol.